The lowest BCUT2D eigenvalue weighted by atomic mass is 9.96. The molecule has 5 nitrogen and oxygen atoms in total. The number of carbonyl (C=O) groups excluding carboxylic acids is 1. The molecule has 0 aromatic heterocycles. The molecule has 4 N–H and O–H groups in total. The van der Waals surface area contributed by atoms with Gasteiger partial charge in [-0.2, -0.15) is 0 Å². The van der Waals surface area contributed by atoms with Crippen LogP contribution in [0.5, 0.6) is 0 Å². The number of oxime groups is 1. The lowest BCUT2D eigenvalue weighted by Crippen LogP contribution is -2.40. The third-order valence-electron chi connectivity index (χ3n) is 3.48. The van der Waals surface area contributed by atoms with E-state index in [1.807, 2.05) is 30.3 Å². The molecule has 0 spiro atoms. The summed E-state index contributed by atoms with van der Waals surface area (Å²) in [6, 6.07) is 8.68. The van der Waals surface area contributed by atoms with Crippen LogP contribution in [0.2, 0.25) is 0 Å². The molecule has 1 amide bonds. The van der Waals surface area contributed by atoms with Crippen LogP contribution >= 0.6 is 0 Å². The highest BCUT2D eigenvalue weighted by atomic mass is 16.4. The molecule has 1 aromatic rings. The molecule has 5 heteroatoms. The van der Waals surface area contributed by atoms with Crippen LogP contribution in [0, 0.1) is 5.92 Å². The molecule has 1 aromatic carbocycles. The van der Waals surface area contributed by atoms with Gasteiger partial charge in [0, 0.05) is 5.92 Å². The topological polar surface area (TPSA) is 87.7 Å². The summed E-state index contributed by atoms with van der Waals surface area (Å²) in [7, 11) is 0. The van der Waals surface area contributed by atoms with E-state index in [0.717, 1.165) is 31.2 Å². The van der Waals surface area contributed by atoms with Crippen molar-refractivity contribution < 1.29 is 10.0 Å². The predicted octanol–water partition coefficient (Wildman–Crippen LogP) is 2.81. The van der Waals surface area contributed by atoms with Gasteiger partial charge in [0.05, 0.1) is 0 Å². The standard InChI is InChI=1S/C16H25N3O2/c1-3-8-13(9-4-2)16(20)18-14(15(17)19-21)12-10-6-5-7-11-12/h5-7,10-11,13-14,21H,3-4,8-9H2,1-2H3,(H2,17,19)(H,18,20). The Morgan fingerprint density at radius 2 is 1.81 bits per heavy atom. The number of nitrogens with one attached hydrogen (secondary N) is 1. The summed E-state index contributed by atoms with van der Waals surface area (Å²) in [5.74, 6) is -0.0850. The second kappa shape index (κ2) is 9.00. The van der Waals surface area contributed by atoms with Gasteiger partial charge in [-0.1, -0.05) is 62.2 Å². The van der Waals surface area contributed by atoms with E-state index in [1.54, 1.807) is 0 Å². The average Bonchev–Trinajstić information content (AvgIpc) is 2.52. The van der Waals surface area contributed by atoms with Crippen LogP contribution < -0.4 is 11.1 Å². The van der Waals surface area contributed by atoms with Crippen molar-refractivity contribution in [2.24, 2.45) is 16.8 Å². The van der Waals surface area contributed by atoms with E-state index in [1.165, 1.54) is 0 Å². The summed E-state index contributed by atoms with van der Waals surface area (Å²) in [5.41, 5.74) is 6.53. The molecule has 0 saturated carbocycles. The Labute approximate surface area is 126 Å². The van der Waals surface area contributed by atoms with Crippen molar-refractivity contribution in [3.05, 3.63) is 35.9 Å². The van der Waals surface area contributed by atoms with Gasteiger partial charge in [0.1, 0.15) is 6.04 Å². The fourth-order valence-electron chi connectivity index (χ4n) is 2.39. The third-order valence-corrected chi connectivity index (χ3v) is 3.48. The van der Waals surface area contributed by atoms with Crippen LogP contribution in [0.1, 0.15) is 51.1 Å². The Balaban J connectivity index is 2.88. The van der Waals surface area contributed by atoms with Crippen molar-refractivity contribution in [3.8, 4) is 0 Å². The predicted molar refractivity (Wildman–Crippen MR) is 84.0 cm³/mol. The van der Waals surface area contributed by atoms with Gasteiger partial charge in [-0.3, -0.25) is 4.79 Å². The molecule has 0 heterocycles. The first-order valence-electron chi connectivity index (χ1n) is 7.46. The molecule has 0 aliphatic carbocycles. The number of nitrogens with zero attached hydrogens (tertiary/aromatic N) is 1. The molecule has 0 aliphatic rings. The molecule has 1 unspecified atom stereocenters. The highest BCUT2D eigenvalue weighted by molar-refractivity contribution is 5.91. The Morgan fingerprint density at radius 1 is 1.24 bits per heavy atom. The van der Waals surface area contributed by atoms with Gasteiger partial charge >= 0.3 is 0 Å². The smallest absolute Gasteiger partial charge is 0.223 e. The van der Waals surface area contributed by atoms with Crippen molar-refractivity contribution in [2.75, 3.05) is 0 Å². The first kappa shape index (κ1) is 17.0. The van der Waals surface area contributed by atoms with E-state index in [4.69, 9.17) is 10.9 Å². The molecule has 0 bridgehead atoms. The second-order valence-corrected chi connectivity index (χ2v) is 5.15. The largest absolute Gasteiger partial charge is 0.409 e. The van der Waals surface area contributed by atoms with E-state index >= 15 is 0 Å². The maximum absolute atomic E-state index is 12.4. The lowest BCUT2D eigenvalue weighted by Gasteiger charge is -2.22. The van der Waals surface area contributed by atoms with Gasteiger partial charge < -0.3 is 16.3 Å². The van der Waals surface area contributed by atoms with Crippen LogP contribution in [0.4, 0.5) is 0 Å². The number of nitrogens with two attached hydrogens (primary N) is 1. The van der Waals surface area contributed by atoms with Gasteiger partial charge in [-0.25, -0.2) is 0 Å². The van der Waals surface area contributed by atoms with E-state index in [9.17, 15) is 4.79 Å². The Hall–Kier alpha value is -2.04. The molecule has 0 radical (unpaired) electrons. The molecule has 0 aliphatic heterocycles. The Morgan fingerprint density at radius 3 is 2.29 bits per heavy atom. The van der Waals surface area contributed by atoms with Gasteiger partial charge in [0.25, 0.3) is 0 Å². The third kappa shape index (κ3) is 5.10. The first-order valence-corrected chi connectivity index (χ1v) is 7.46. The van der Waals surface area contributed by atoms with Crippen molar-refractivity contribution in [1.29, 1.82) is 0 Å². The minimum absolute atomic E-state index is 0.0127. The number of benzene rings is 1. The number of carbonyl (C=O) groups is 1. The van der Waals surface area contributed by atoms with Crippen molar-refractivity contribution in [2.45, 2.75) is 45.6 Å². The summed E-state index contributed by atoms with van der Waals surface area (Å²) >= 11 is 0. The summed E-state index contributed by atoms with van der Waals surface area (Å²) in [4.78, 5) is 12.4. The number of amides is 1. The summed E-state index contributed by atoms with van der Waals surface area (Å²) in [5, 5.41) is 14.9. The van der Waals surface area contributed by atoms with Crippen molar-refractivity contribution >= 4 is 11.7 Å². The van der Waals surface area contributed by atoms with Crippen LogP contribution in [-0.4, -0.2) is 17.0 Å². The lowest BCUT2D eigenvalue weighted by molar-refractivity contribution is -0.125. The van der Waals surface area contributed by atoms with Crippen molar-refractivity contribution in [1.82, 2.24) is 5.32 Å². The molecule has 116 valence electrons. The van der Waals surface area contributed by atoms with E-state index in [2.05, 4.69) is 24.3 Å². The Kier molecular flexibility index (Phi) is 7.29. The Bertz CT molecular complexity index is 454. The first-order chi connectivity index (χ1) is 10.1. The molecule has 1 rings (SSSR count). The number of hydrogen-bond donors (Lipinski definition) is 3. The fraction of sp³-hybridized carbons (Fsp3) is 0.500. The molecule has 0 fully saturated rings. The molecular formula is C16H25N3O2. The highest BCUT2D eigenvalue weighted by Crippen LogP contribution is 2.18. The minimum Gasteiger partial charge on any atom is -0.409 e. The van der Waals surface area contributed by atoms with Crippen molar-refractivity contribution in [3.63, 3.8) is 0 Å². The van der Waals surface area contributed by atoms with Crippen LogP contribution in [-0.2, 0) is 4.79 Å². The highest BCUT2D eigenvalue weighted by Gasteiger charge is 2.23. The van der Waals surface area contributed by atoms with Gasteiger partial charge in [0.2, 0.25) is 5.91 Å². The van der Waals surface area contributed by atoms with Crippen LogP contribution in [0.3, 0.4) is 0 Å². The quantitative estimate of drug-likeness (QED) is 0.298. The monoisotopic (exact) mass is 291 g/mol. The fourth-order valence-corrected chi connectivity index (χ4v) is 2.39. The summed E-state index contributed by atoms with van der Waals surface area (Å²) in [6.07, 6.45) is 3.60. The van der Waals surface area contributed by atoms with E-state index < -0.39 is 6.04 Å². The molecule has 0 saturated heterocycles. The number of rotatable bonds is 8. The zero-order chi connectivity index (χ0) is 15.7. The van der Waals surface area contributed by atoms with Gasteiger partial charge in [-0.15, -0.1) is 0 Å². The molecular weight excluding hydrogens is 266 g/mol. The summed E-state index contributed by atoms with van der Waals surface area (Å²) < 4.78 is 0. The minimum atomic E-state index is -0.597. The normalized spacial score (nSPS) is 13.2. The van der Waals surface area contributed by atoms with Gasteiger partial charge in [0.15, 0.2) is 5.84 Å². The molecule has 21 heavy (non-hydrogen) atoms. The maximum Gasteiger partial charge on any atom is 0.223 e. The number of amidine groups is 1. The zero-order valence-corrected chi connectivity index (χ0v) is 12.7. The second-order valence-electron chi connectivity index (χ2n) is 5.15. The van der Waals surface area contributed by atoms with E-state index in [0.29, 0.717) is 0 Å². The van der Waals surface area contributed by atoms with Crippen LogP contribution in [0.25, 0.3) is 0 Å². The maximum atomic E-state index is 12.4. The van der Waals surface area contributed by atoms with Crippen LogP contribution in [0.15, 0.2) is 35.5 Å². The molecule has 1 atom stereocenters. The number of hydrogen-bond acceptors (Lipinski definition) is 3. The average molecular weight is 291 g/mol. The van der Waals surface area contributed by atoms with Gasteiger partial charge in [-0.05, 0) is 18.4 Å². The SMILES string of the molecule is CCCC(CCC)C(=O)NC(/C(N)=N/O)c1ccccc1. The summed E-state index contributed by atoms with van der Waals surface area (Å²) in [6.45, 7) is 4.13. The van der Waals surface area contributed by atoms with E-state index in [-0.39, 0.29) is 17.7 Å². The zero-order valence-electron chi connectivity index (χ0n) is 12.7.